The van der Waals surface area contributed by atoms with Crippen molar-refractivity contribution in [3.05, 3.63) is 52.9 Å². The van der Waals surface area contributed by atoms with Crippen LogP contribution in [-0.2, 0) is 6.18 Å². The number of rotatable bonds is 5. The molecule has 1 aromatic carbocycles. The third-order valence-electron chi connectivity index (χ3n) is 3.15. The van der Waals surface area contributed by atoms with Crippen molar-refractivity contribution in [1.29, 1.82) is 0 Å². The molecule has 132 valence electrons. The van der Waals surface area contributed by atoms with Crippen molar-refractivity contribution in [3.63, 3.8) is 0 Å². The maximum Gasteiger partial charge on any atom is 0.417 e. The normalized spacial score (nSPS) is 11.9. The lowest BCUT2D eigenvalue weighted by atomic mass is 10.3. The molecule has 4 nitrogen and oxygen atoms in total. The van der Waals surface area contributed by atoms with Crippen LogP contribution in [0.25, 0.3) is 5.65 Å². The Hall–Kier alpha value is -2.00. The summed E-state index contributed by atoms with van der Waals surface area (Å²) in [4.78, 5) is 0. The molecule has 0 spiro atoms. The molecule has 0 amide bonds. The minimum Gasteiger partial charge on any atom is -0.493 e. The fourth-order valence-electron chi connectivity index (χ4n) is 2.01. The van der Waals surface area contributed by atoms with Gasteiger partial charge < -0.3 is 4.74 Å². The van der Waals surface area contributed by atoms with Gasteiger partial charge in [-0.05, 0) is 30.3 Å². The van der Waals surface area contributed by atoms with E-state index in [1.165, 1.54) is 40.4 Å². The van der Waals surface area contributed by atoms with Crippen LogP contribution in [-0.4, -0.2) is 27.0 Å². The zero-order valence-corrected chi connectivity index (χ0v) is 14.0. The molecule has 0 N–H and O–H groups in total. The van der Waals surface area contributed by atoms with E-state index in [4.69, 9.17) is 16.3 Å². The van der Waals surface area contributed by atoms with Crippen LogP contribution in [0.5, 0.6) is 5.75 Å². The number of nitrogens with zero attached hydrogens (tertiary/aromatic N) is 3. The van der Waals surface area contributed by atoms with E-state index in [2.05, 4.69) is 10.2 Å². The first-order valence-corrected chi connectivity index (χ1v) is 8.33. The standard InChI is InChI=1S/C15H10ClF4N3OS/c16-12-7-9(15(18,19)20)8-23-13(12)21-22-14(23)25-6-5-24-11-3-1-10(17)2-4-11/h1-4,7-8H,5-6H2. The minimum atomic E-state index is -4.52. The highest BCUT2D eigenvalue weighted by atomic mass is 35.5. The SMILES string of the molecule is Fc1ccc(OCCSc2nnc3c(Cl)cc(C(F)(F)F)cn23)cc1. The lowest BCUT2D eigenvalue weighted by molar-refractivity contribution is -0.137. The van der Waals surface area contributed by atoms with E-state index in [0.29, 0.717) is 11.5 Å². The number of ether oxygens (including phenoxy) is 1. The summed E-state index contributed by atoms with van der Waals surface area (Å²) in [7, 11) is 0. The Morgan fingerprint density at radius 2 is 1.88 bits per heavy atom. The number of hydrogen-bond acceptors (Lipinski definition) is 4. The van der Waals surface area contributed by atoms with Gasteiger partial charge in [-0.15, -0.1) is 10.2 Å². The molecule has 0 fully saturated rings. The number of thioether (sulfide) groups is 1. The Morgan fingerprint density at radius 1 is 1.16 bits per heavy atom. The first kappa shape index (κ1) is 17.8. The topological polar surface area (TPSA) is 39.4 Å². The Morgan fingerprint density at radius 3 is 2.56 bits per heavy atom. The first-order chi connectivity index (χ1) is 11.8. The molecular weight excluding hydrogens is 382 g/mol. The molecule has 0 radical (unpaired) electrons. The molecule has 0 aliphatic heterocycles. The zero-order valence-electron chi connectivity index (χ0n) is 12.4. The van der Waals surface area contributed by atoms with Gasteiger partial charge in [0.05, 0.1) is 17.2 Å². The number of benzene rings is 1. The summed E-state index contributed by atoms with van der Waals surface area (Å²) in [6, 6.07) is 6.34. The van der Waals surface area contributed by atoms with Crippen LogP contribution in [0.2, 0.25) is 5.02 Å². The zero-order chi connectivity index (χ0) is 18.0. The van der Waals surface area contributed by atoms with Crippen molar-refractivity contribution in [2.45, 2.75) is 11.3 Å². The molecule has 3 rings (SSSR count). The second kappa shape index (κ2) is 7.09. The first-order valence-electron chi connectivity index (χ1n) is 6.97. The van der Waals surface area contributed by atoms with Gasteiger partial charge in [0.1, 0.15) is 11.6 Å². The Labute approximate surface area is 148 Å². The minimum absolute atomic E-state index is 0.128. The van der Waals surface area contributed by atoms with E-state index in [-0.39, 0.29) is 28.3 Å². The smallest absolute Gasteiger partial charge is 0.417 e. The van der Waals surface area contributed by atoms with Crippen molar-refractivity contribution >= 4 is 29.0 Å². The summed E-state index contributed by atoms with van der Waals surface area (Å²) in [6.45, 7) is 0.262. The van der Waals surface area contributed by atoms with Gasteiger partial charge in [0.25, 0.3) is 0 Å². The predicted molar refractivity (Wildman–Crippen MR) is 85.6 cm³/mol. The highest BCUT2D eigenvalue weighted by Gasteiger charge is 2.32. The molecule has 0 atom stereocenters. The van der Waals surface area contributed by atoms with Crippen LogP contribution < -0.4 is 4.74 Å². The van der Waals surface area contributed by atoms with Gasteiger partial charge in [-0.2, -0.15) is 13.2 Å². The fourth-order valence-corrected chi connectivity index (χ4v) is 2.98. The number of pyridine rings is 1. The lowest BCUT2D eigenvalue weighted by Crippen LogP contribution is -2.07. The average molecular weight is 392 g/mol. The molecule has 0 saturated heterocycles. The third kappa shape index (κ3) is 4.16. The van der Waals surface area contributed by atoms with Crippen molar-refractivity contribution in [1.82, 2.24) is 14.6 Å². The third-order valence-corrected chi connectivity index (χ3v) is 4.34. The quantitative estimate of drug-likeness (QED) is 0.359. The number of hydrogen-bond donors (Lipinski definition) is 0. The summed E-state index contributed by atoms with van der Waals surface area (Å²) in [5.74, 6) is 0.538. The van der Waals surface area contributed by atoms with Gasteiger partial charge in [-0.3, -0.25) is 4.40 Å². The maximum atomic E-state index is 12.9. The summed E-state index contributed by atoms with van der Waals surface area (Å²) in [5, 5.41) is 7.79. The molecule has 0 bridgehead atoms. The van der Waals surface area contributed by atoms with Crippen LogP contribution in [0.15, 0.2) is 41.7 Å². The summed E-state index contributed by atoms with van der Waals surface area (Å²) in [5.41, 5.74) is -0.731. The van der Waals surface area contributed by atoms with Crippen molar-refractivity contribution in [2.24, 2.45) is 0 Å². The Kier molecular flexibility index (Phi) is 5.05. The highest BCUT2D eigenvalue weighted by Crippen LogP contribution is 2.33. The van der Waals surface area contributed by atoms with E-state index in [0.717, 1.165) is 12.3 Å². The molecule has 0 aliphatic carbocycles. The van der Waals surface area contributed by atoms with Crippen LogP contribution >= 0.6 is 23.4 Å². The van der Waals surface area contributed by atoms with Crippen molar-refractivity contribution in [2.75, 3.05) is 12.4 Å². The molecular formula is C15H10ClF4N3OS. The van der Waals surface area contributed by atoms with E-state index in [9.17, 15) is 17.6 Å². The predicted octanol–water partition coefficient (Wildman–Crippen LogP) is 4.71. The van der Waals surface area contributed by atoms with Gasteiger partial charge in [0.2, 0.25) is 0 Å². The number of alkyl halides is 3. The van der Waals surface area contributed by atoms with Crippen LogP contribution in [0.3, 0.4) is 0 Å². The van der Waals surface area contributed by atoms with E-state index in [1.54, 1.807) is 0 Å². The summed E-state index contributed by atoms with van der Waals surface area (Å²) >= 11 is 7.02. The van der Waals surface area contributed by atoms with Crippen molar-refractivity contribution < 1.29 is 22.3 Å². The highest BCUT2D eigenvalue weighted by molar-refractivity contribution is 7.99. The number of aromatic nitrogens is 3. The molecule has 25 heavy (non-hydrogen) atoms. The second-order valence-corrected chi connectivity index (χ2v) is 6.37. The van der Waals surface area contributed by atoms with Crippen LogP contribution in [0.4, 0.5) is 17.6 Å². The largest absolute Gasteiger partial charge is 0.493 e. The molecule has 2 heterocycles. The number of halogens is 5. The van der Waals surface area contributed by atoms with Gasteiger partial charge in [-0.25, -0.2) is 4.39 Å². The van der Waals surface area contributed by atoms with E-state index < -0.39 is 11.7 Å². The molecule has 0 unspecified atom stereocenters. The van der Waals surface area contributed by atoms with Gasteiger partial charge in [0.15, 0.2) is 10.8 Å². The molecule has 0 aliphatic rings. The molecule has 3 aromatic rings. The average Bonchev–Trinajstić information content (AvgIpc) is 2.96. The van der Waals surface area contributed by atoms with Crippen LogP contribution in [0.1, 0.15) is 5.56 Å². The molecule has 2 aromatic heterocycles. The number of fused-ring (bicyclic) bond motifs is 1. The molecule has 10 heteroatoms. The maximum absolute atomic E-state index is 12.9. The van der Waals surface area contributed by atoms with Crippen LogP contribution in [0, 0.1) is 5.82 Å². The monoisotopic (exact) mass is 391 g/mol. The van der Waals surface area contributed by atoms with Gasteiger partial charge in [-0.1, -0.05) is 23.4 Å². The summed E-state index contributed by atoms with van der Waals surface area (Å²) < 4.78 is 58.1. The van der Waals surface area contributed by atoms with E-state index in [1.807, 2.05) is 0 Å². The molecule has 0 saturated carbocycles. The van der Waals surface area contributed by atoms with Gasteiger partial charge >= 0.3 is 6.18 Å². The summed E-state index contributed by atoms with van der Waals surface area (Å²) in [6.07, 6.45) is -3.61. The fraction of sp³-hybridized carbons (Fsp3) is 0.200. The Bertz CT molecular complexity index is 883. The van der Waals surface area contributed by atoms with Crippen molar-refractivity contribution in [3.8, 4) is 5.75 Å². The second-order valence-electron chi connectivity index (χ2n) is 4.90. The van der Waals surface area contributed by atoms with E-state index >= 15 is 0 Å². The van der Waals surface area contributed by atoms with Gasteiger partial charge in [0, 0.05) is 11.9 Å². The lowest BCUT2D eigenvalue weighted by Gasteiger charge is -2.09. The Balaban J connectivity index is 1.69.